The molecule has 2 aromatic rings. The van der Waals surface area contributed by atoms with Crippen LogP contribution in [0.2, 0.25) is 0 Å². The van der Waals surface area contributed by atoms with E-state index in [9.17, 15) is 12.8 Å². The number of nitrogens with zero attached hydrogens (tertiary/aromatic N) is 3. The van der Waals surface area contributed by atoms with Crippen molar-refractivity contribution in [3.63, 3.8) is 0 Å². The molecule has 0 unspecified atom stereocenters. The summed E-state index contributed by atoms with van der Waals surface area (Å²) in [4.78, 5) is 2.21. The first-order valence-electron chi connectivity index (χ1n) is 7.78. The Balaban J connectivity index is 1.68. The van der Waals surface area contributed by atoms with Gasteiger partial charge in [0, 0.05) is 38.3 Å². The van der Waals surface area contributed by atoms with Crippen LogP contribution in [-0.2, 0) is 16.6 Å². The summed E-state index contributed by atoms with van der Waals surface area (Å²) < 4.78 is 45.7. The van der Waals surface area contributed by atoms with Crippen molar-refractivity contribution < 1.29 is 17.3 Å². The van der Waals surface area contributed by atoms with Gasteiger partial charge in [0.15, 0.2) is 5.76 Å². The molecule has 1 aliphatic rings. The van der Waals surface area contributed by atoms with Crippen LogP contribution in [0.15, 0.2) is 33.7 Å². The number of benzene rings is 1. The van der Waals surface area contributed by atoms with E-state index in [-0.39, 0.29) is 10.7 Å². The van der Waals surface area contributed by atoms with Crippen LogP contribution >= 0.6 is 0 Å². The predicted octanol–water partition coefficient (Wildman–Crippen LogP) is 1.94. The number of hydrogen-bond acceptors (Lipinski definition) is 5. The third kappa shape index (κ3) is 3.22. The molecule has 0 radical (unpaired) electrons. The predicted molar refractivity (Wildman–Crippen MR) is 86.4 cm³/mol. The van der Waals surface area contributed by atoms with E-state index in [1.165, 1.54) is 10.4 Å². The second kappa shape index (κ2) is 6.62. The van der Waals surface area contributed by atoms with Crippen LogP contribution in [-0.4, -0.2) is 49.0 Å². The second-order valence-corrected chi connectivity index (χ2v) is 7.80. The van der Waals surface area contributed by atoms with E-state index in [2.05, 4.69) is 10.1 Å². The normalized spacial score (nSPS) is 17.3. The van der Waals surface area contributed by atoms with Gasteiger partial charge < -0.3 is 4.52 Å². The highest BCUT2D eigenvalue weighted by Crippen LogP contribution is 2.24. The lowest BCUT2D eigenvalue weighted by Crippen LogP contribution is -2.48. The van der Waals surface area contributed by atoms with Crippen LogP contribution in [0.5, 0.6) is 0 Å². The Morgan fingerprint density at radius 3 is 2.42 bits per heavy atom. The van der Waals surface area contributed by atoms with Crippen molar-refractivity contribution in [2.24, 2.45) is 0 Å². The Hall–Kier alpha value is -1.77. The van der Waals surface area contributed by atoms with Crippen LogP contribution in [0.25, 0.3) is 0 Å². The van der Waals surface area contributed by atoms with E-state index >= 15 is 0 Å². The van der Waals surface area contributed by atoms with E-state index in [0.29, 0.717) is 49.7 Å². The quantitative estimate of drug-likeness (QED) is 0.840. The van der Waals surface area contributed by atoms with E-state index in [0.717, 1.165) is 0 Å². The van der Waals surface area contributed by atoms with Gasteiger partial charge >= 0.3 is 0 Å². The molecule has 24 heavy (non-hydrogen) atoms. The summed E-state index contributed by atoms with van der Waals surface area (Å²) in [5, 5.41) is 3.72. The molecule has 2 heterocycles. The second-order valence-electron chi connectivity index (χ2n) is 5.92. The minimum Gasteiger partial charge on any atom is -0.360 e. The zero-order chi connectivity index (χ0) is 17.3. The third-order valence-electron chi connectivity index (χ3n) is 4.25. The fourth-order valence-corrected chi connectivity index (χ4v) is 4.68. The molecule has 0 amide bonds. The Morgan fingerprint density at radius 1 is 1.17 bits per heavy atom. The van der Waals surface area contributed by atoms with Crippen molar-refractivity contribution in [3.8, 4) is 0 Å². The minimum absolute atomic E-state index is 0.157. The highest BCUT2D eigenvalue weighted by molar-refractivity contribution is 7.89. The fraction of sp³-hybridized carbons (Fsp3) is 0.438. The number of rotatable bonds is 4. The molecule has 0 saturated carbocycles. The molecule has 3 rings (SSSR count). The number of aromatic nitrogens is 1. The molecule has 1 aliphatic heterocycles. The number of sulfonamides is 1. The topological polar surface area (TPSA) is 66.7 Å². The van der Waals surface area contributed by atoms with Gasteiger partial charge in [-0.2, -0.15) is 4.31 Å². The van der Waals surface area contributed by atoms with Crippen molar-refractivity contribution in [2.45, 2.75) is 25.3 Å². The van der Waals surface area contributed by atoms with Gasteiger partial charge in [-0.15, -0.1) is 0 Å². The van der Waals surface area contributed by atoms with E-state index in [1.807, 2.05) is 0 Å². The lowest BCUT2D eigenvalue weighted by Gasteiger charge is -2.33. The van der Waals surface area contributed by atoms with Gasteiger partial charge in [-0.3, -0.25) is 4.90 Å². The average molecular weight is 353 g/mol. The molecule has 0 N–H and O–H groups in total. The maximum Gasteiger partial charge on any atom is 0.248 e. The molecule has 130 valence electrons. The Labute approximate surface area is 140 Å². The lowest BCUT2D eigenvalue weighted by atomic mass is 10.2. The standard InChI is InChI=1S/C16H20FN3O3S/c1-12-16(13(2)23-18-12)24(21,22)20-9-7-19(8-10-20)11-14-5-3-4-6-15(14)17/h3-6H,7-11H2,1-2H3. The molecule has 0 aliphatic carbocycles. The van der Waals surface area contributed by atoms with Gasteiger partial charge in [0.2, 0.25) is 10.0 Å². The third-order valence-corrected chi connectivity index (χ3v) is 6.39. The zero-order valence-electron chi connectivity index (χ0n) is 13.7. The number of hydrogen-bond donors (Lipinski definition) is 0. The van der Waals surface area contributed by atoms with E-state index < -0.39 is 10.0 Å². The van der Waals surface area contributed by atoms with Gasteiger partial charge in [0.25, 0.3) is 0 Å². The number of piperazine rings is 1. The van der Waals surface area contributed by atoms with Crippen molar-refractivity contribution in [2.75, 3.05) is 26.2 Å². The summed E-state index contributed by atoms with van der Waals surface area (Å²) in [6, 6.07) is 6.65. The summed E-state index contributed by atoms with van der Waals surface area (Å²) in [5.74, 6) is 0.0737. The zero-order valence-corrected chi connectivity index (χ0v) is 14.5. The fourth-order valence-electron chi connectivity index (χ4n) is 2.97. The van der Waals surface area contributed by atoms with Crippen LogP contribution < -0.4 is 0 Å². The smallest absolute Gasteiger partial charge is 0.248 e. The number of aryl methyl sites for hydroxylation is 2. The van der Waals surface area contributed by atoms with Crippen LogP contribution in [0.3, 0.4) is 0 Å². The molecule has 6 nitrogen and oxygen atoms in total. The lowest BCUT2D eigenvalue weighted by molar-refractivity contribution is 0.179. The first-order chi connectivity index (χ1) is 11.4. The maximum absolute atomic E-state index is 13.7. The largest absolute Gasteiger partial charge is 0.360 e. The average Bonchev–Trinajstić information content (AvgIpc) is 2.89. The van der Waals surface area contributed by atoms with Crippen LogP contribution in [0, 0.1) is 19.7 Å². The maximum atomic E-state index is 13.7. The molecule has 1 aromatic carbocycles. The van der Waals surface area contributed by atoms with E-state index in [1.54, 1.807) is 32.0 Å². The molecule has 0 spiro atoms. The van der Waals surface area contributed by atoms with E-state index in [4.69, 9.17) is 4.52 Å². The highest BCUT2D eigenvalue weighted by Gasteiger charge is 2.33. The molecule has 1 aromatic heterocycles. The Bertz CT molecular complexity index is 807. The molecular weight excluding hydrogens is 333 g/mol. The first-order valence-corrected chi connectivity index (χ1v) is 9.22. The highest BCUT2D eigenvalue weighted by atomic mass is 32.2. The molecule has 1 saturated heterocycles. The van der Waals surface area contributed by atoms with Gasteiger partial charge in [-0.25, -0.2) is 12.8 Å². The molecule has 0 atom stereocenters. The minimum atomic E-state index is -3.61. The summed E-state index contributed by atoms with van der Waals surface area (Å²) in [6.45, 7) is 5.53. The van der Waals surface area contributed by atoms with Crippen molar-refractivity contribution in [3.05, 3.63) is 47.1 Å². The SMILES string of the molecule is Cc1noc(C)c1S(=O)(=O)N1CCN(Cc2ccccc2F)CC1. The summed E-state index contributed by atoms with van der Waals surface area (Å²) in [6.07, 6.45) is 0. The van der Waals surface area contributed by atoms with Crippen molar-refractivity contribution in [1.29, 1.82) is 0 Å². The molecule has 1 fully saturated rings. The summed E-state index contributed by atoms with van der Waals surface area (Å²) >= 11 is 0. The first kappa shape index (κ1) is 17.1. The van der Waals surface area contributed by atoms with Crippen molar-refractivity contribution in [1.82, 2.24) is 14.4 Å². The number of halogens is 1. The van der Waals surface area contributed by atoms with Gasteiger partial charge in [-0.1, -0.05) is 23.4 Å². The van der Waals surface area contributed by atoms with Gasteiger partial charge in [-0.05, 0) is 19.9 Å². The van der Waals surface area contributed by atoms with Gasteiger partial charge in [0.05, 0.1) is 0 Å². The Morgan fingerprint density at radius 2 is 1.83 bits per heavy atom. The molecule has 0 bridgehead atoms. The summed E-state index contributed by atoms with van der Waals surface area (Å²) in [7, 11) is -3.61. The molecule has 8 heteroatoms. The van der Waals surface area contributed by atoms with Crippen molar-refractivity contribution >= 4 is 10.0 Å². The van der Waals surface area contributed by atoms with Crippen LogP contribution in [0.4, 0.5) is 4.39 Å². The van der Waals surface area contributed by atoms with Gasteiger partial charge in [0.1, 0.15) is 16.4 Å². The monoisotopic (exact) mass is 353 g/mol. The molecular formula is C16H20FN3O3S. The Kier molecular flexibility index (Phi) is 4.71. The van der Waals surface area contributed by atoms with Crippen LogP contribution in [0.1, 0.15) is 17.0 Å². The summed E-state index contributed by atoms with van der Waals surface area (Å²) in [5.41, 5.74) is 1.00.